The summed E-state index contributed by atoms with van der Waals surface area (Å²) in [5, 5.41) is 45.3. The van der Waals surface area contributed by atoms with E-state index < -0.39 is 71.1 Å². The first kappa shape index (κ1) is 51.7. The Morgan fingerprint density at radius 3 is 2.22 bits per heavy atom. The van der Waals surface area contributed by atoms with Crippen molar-refractivity contribution in [3.63, 3.8) is 0 Å². The van der Waals surface area contributed by atoms with Gasteiger partial charge >= 0.3 is 24.0 Å². The van der Waals surface area contributed by atoms with Crippen molar-refractivity contribution in [2.45, 2.75) is 9.79 Å². The number of aromatic hydroxyl groups is 1. The maximum absolute atomic E-state index is 14.5. The fraction of sp³-hybridized carbons (Fsp3) is 0.147. The monoisotopic (exact) mass is 1050 g/mol. The van der Waals surface area contributed by atoms with Gasteiger partial charge in [-0.05, 0) is 71.6 Å². The molecule has 6 rings (SSSR count). The normalized spacial score (nSPS) is 11.9. The average molecular weight is 1060 g/mol. The lowest BCUT2D eigenvalue weighted by Crippen LogP contribution is -2.30. The minimum absolute atomic E-state index is 0.0183. The van der Waals surface area contributed by atoms with Crippen molar-refractivity contribution in [3.8, 4) is 11.5 Å². The summed E-state index contributed by atoms with van der Waals surface area (Å²) in [6.07, 6.45) is -1.21. The number of carbonyl (C=O) groups is 1. The summed E-state index contributed by atoms with van der Waals surface area (Å²) in [7, 11) is -11.0. The van der Waals surface area contributed by atoms with Crippen molar-refractivity contribution in [2.75, 3.05) is 52.9 Å². The first-order valence-electron chi connectivity index (χ1n) is 18.6. The molecule has 0 bridgehead atoms. The zero-order valence-corrected chi connectivity index (χ0v) is 38.5. The molecule has 0 aliphatic carbocycles. The summed E-state index contributed by atoms with van der Waals surface area (Å²) in [5.74, 6) is -3.13. The second-order valence-electron chi connectivity index (χ2n) is 13.2. The van der Waals surface area contributed by atoms with Crippen LogP contribution >= 0.6 is 23.6 Å². The number of amides is 1. The van der Waals surface area contributed by atoms with Crippen LogP contribution < -0.4 is 31.1 Å². The second kappa shape index (κ2) is 22.6. The molecule has 69 heavy (non-hydrogen) atoms. The highest BCUT2D eigenvalue weighted by molar-refractivity contribution is 7.94. The largest absolute Gasteiger partial charge is 0.505 e. The molecule has 363 valence electrons. The SMILES string of the molecule is COc1ccc(N=Nc2c(SOOO)cc3cc(Nc4nc(Cl)nc(N[B]Nc5nc(F)nc(Nc6cccc(C(=O)NCCS(=O)(=O)CCOS(=O)(=O)O)c6)n5)n4)ccc3c2O)c(S(=O)(=O)O)c1. The molecule has 0 saturated heterocycles. The van der Waals surface area contributed by atoms with Crippen LogP contribution in [0.15, 0.2) is 86.7 Å². The number of rotatable bonds is 23. The molecule has 6 aromatic rings. The van der Waals surface area contributed by atoms with Gasteiger partial charge in [0.2, 0.25) is 29.1 Å². The number of sulfone groups is 1. The van der Waals surface area contributed by atoms with E-state index in [9.17, 15) is 44.1 Å². The van der Waals surface area contributed by atoms with Crippen LogP contribution in [0.2, 0.25) is 5.28 Å². The lowest BCUT2D eigenvalue weighted by Gasteiger charge is -2.12. The number of ether oxygens (including phenoxy) is 1. The third kappa shape index (κ3) is 15.1. The van der Waals surface area contributed by atoms with Crippen molar-refractivity contribution < 1.29 is 72.2 Å². The van der Waals surface area contributed by atoms with E-state index in [0.717, 1.165) is 13.6 Å². The second-order valence-corrected chi connectivity index (χ2v) is 19.0. The van der Waals surface area contributed by atoms with Crippen LogP contribution in [0.4, 0.5) is 50.9 Å². The highest BCUT2D eigenvalue weighted by atomic mass is 35.5. The number of azo groups is 1. The molecule has 0 aliphatic heterocycles. The van der Waals surface area contributed by atoms with Gasteiger partial charge in [0.1, 0.15) is 22.0 Å². The standard InChI is InChI=1S/C34H31BClFN13O15S4/c1-62-21-6-8-23(25(16-21)68(56,57)58)49-50-26-24(66-65-64-53)15-18-14-20(5-7-22(18)27(26)51)40-31-41-29(36)42-33(45-31)47-35-48-34-44-30(37)43-32(46-34)39-19-4-2-3-17(13-19)28(52)38-9-11-67(54,55)12-10-63-69(59,60)61/h2-8,13-16,51,53H,9-12H2,1H3,(H,38,52)(H,56,57,58)(H,59,60,61)(H2,39,43,44,46,48)(H2,40,41,42,45,47). The van der Waals surface area contributed by atoms with E-state index in [4.69, 9.17) is 26.1 Å². The summed E-state index contributed by atoms with van der Waals surface area (Å²) in [4.78, 5) is 35.6. The summed E-state index contributed by atoms with van der Waals surface area (Å²) in [6, 6.07) is 15.3. The van der Waals surface area contributed by atoms with E-state index in [2.05, 4.69) is 80.1 Å². The Bertz CT molecular complexity index is 3260. The quantitative estimate of drug-likeness (QED) is 0.0108. The van der Waals surface area contributed by atoms with E-state index in [0.29, 0.717) is 23.1 Å². The summed E-state index contributed by atoms with van der Waals surface area (Å²) in [5.41, 5.74) is 0.0919. The Balaban J connectivity index is 1.09. The van der Waals surface area contributed by atoms with E-state index in [-0.39, 0.29) is 74.3 Å². The van der Waals surface area contributed by atoms with E-state index in [1.54, 1.807) is 6.07 Å². The number of hydrogen-bond acceptors (Lipinski definition) is 26. The van der Waals surface area contributed by atoms with Gasteiger partial charge in [-0.2, -0.15) is 51.1 Å². The fourth-order valence-electron chi connectivity index (χ4n) is 5.55. The maximum atomic E-state index is 14.5. The summed E-state index contributed by atoms with van der Waals surface area (Å²) in [6.45, 7) is -1.15. The molecule has 35 heteroatoms. The Morgan fingerprint density at radius 2 is 1.52 bits per heavy atom. The third-order valence-electron chi connectivity index (χ3n) is 8.49. The fourth-order valence-corrected chi connectivity index (χ4v) is 8.20. The van der Waals surface area contributed by atoms with Crippen molar-refractivity contribution in [2.24, 2.45) is 10.2 Å². The number of fused-ring (bicyclic) bond motifs is 1. The molecular formula is C34H31BClFN13O15S4. The molecule has 2 aromatic heterocycles. The number of hydrogen-bond donors (Lipinski definition) is 9. The minimum atomic E-state index is -4.81. The van der Waals surface area contributed by atoms with Gasteiger partial charge in [-0.25, -0.2) is 17.9 Å². The van der Waals surface area contributed by atoms with Crippen LogP contribution in [-0.4, -0.2) is 120 Å². The number of benzene rings is 4. The molecular weight excluding hydrogens is 1020 g/mol. The van der Waals surface area contributed by atoms with Crippen LogP contribution in [-0.2, 0) is 43.9 Å². The molecule has 0 fully saturated rings. The Morgan fingerprint density at radius 1 is 0.841 bits per heavy atom. The number of nitrogens with zero attached hydrogens (tertiary/aromatic N) is 8. The van der Waals surface area contributed by atoms with E-state index >= 15 is 0 Å². The predicted molar refractivity (Wildman–Crippen MR) is 242 cm³/mol. The number of phenolic OH excluding ortho intramolecular Hbond substituents is 1. The van der Waals surface area contributed by atoms with Gasteiger partial charge < -0.3 is 36.2 Å². The van der Waals surface area contributed by atoms with Crippen LogP contribution in [0.1, 0.15) is 10.4 Å². The molecule has 1 amide bonds. The van der Waals surface area contributed by atoms with Crippen molar-refractivity contribution in [1.29, 1.82) is 0 Å². The number of carbonyl (C=O) groups excluding carboxylic acids is 1. The van der Waals surface area contributed by atoms with Gasteiger partial charge in [-0.1, -0.05) is 11.1 Å². The van der Waals surface area contributed by atoms with Gasteiger partial charge in [0.05, 0.1) is 42.2 Å². The summed E-state index contributed by atoms with van der Waals surface area (Å²) < 4.78 is 116. The highest BCUT2D eigenvalue weighted by Gasteiger charge is 2.21. The van der Waals surface area contributed by atoms with E-state index in [1.807, 2.05) is 0 Å². The van der Waals surface area contributed by atoms with Crippen LogP contribution in [0.3, 0.4) is 0 Å². The van der Waals surface area contributed by atoms with Gasteiger partial charge in [0.25, 0.3) is 16.0 Å². The third-order valence-corrected chi connectivity index (χ3v) is 12.2. The van der Waals surface area contributed by atoms with Crippen LogP contribution in [0.5, 0.6) is 11.5 Å². The van der Waals surface area contributed by atoms with Crippen molar-refractivity contribution in [3.05, 3.63) is 83.7 Å². The summed E-state index contributed by atoms with van der Waals surface area (Å²) >= 11 is 6.57. The Kier molecular flexibility index (Phi) is 16.9. The smallest absolute Gasteiger partial charge is 0.397 e. The zero-order valence-electron chi connectivity index (χ0n) is 34.5. The molecule has 0 aliphatic rings. The molecule has 0 spiro atoms. The molecule has 28 nitrogen and oxygen atoms in total. The Labute approximate surface area is 398 Å². The average Bonchev–Trinajstić information content (AvgIpc) is 3.26. The number of aromatic nitrogens is 6. The molecule has 0 saturated carbocycles. The topological polar surface area (TPSA) is 400 Å². The van der Waals surface area contributed by atoms with Gasteiger partial charge in [-0.3, -0.25) is 13.9 Å². The van der Waals surface area contributed by atoms with E-state index in [1.165, 1.54) is 61.7 Å². The minimum Gasteiger partial charge on any atom is -0.505 e. The van der Waals surface area contributed by atoms with Crippen molar-refractivity contribution in [1.82, 2.24) is 35.2 Å². The number of halogens is 2. The van der Waals surface area contributed by atoms with Gasteiger partial charge in [0, 0.05) is 34.9 Å². The van der Waals surface area contributed by atoms with Gasteiger partial charge in [-0.15, -0.1) is 14.6 Å². The molecule has 4 aromatic carbocycles. The zero-order chi connectivity index (χ0) is 49.9. The first-order valence-corrected chi connectivity index (χ1v) is 24.4. The molecule has 0 unspecified atom stereocenters. The lowest BCUT2D eigenvalue weighted by atomic mass is 10.1. The maximum Gasteiger partial charge on any atom is 0.397 e. The predicted octanol–water partition coefficient (Wildman–Crippen LogP) is 4.32. The molecule has 0 atom stereocenters. The molecule has 1 radical (unpaired) electrons. The van der Waals surface area contributed by atoms with Gasteiger partial charge in [0.15, 0.2) is 15.6 Å². The number of nitrogens with one attached hydrogen (secondary N) is 5. The number of methoxy groups -OCH3 is 1. The number of anilines is 6. The number of phenols is 1. The highest BCUT2D eigenvalue weighted by Crippen LogP contribution is 2.45. The first-order chi connectivity index (χ1) is 32.7. The van der Waals surface area contributed by atoms with Crippen molar-refractivity contribution >= 4 is 125 Å². The molecule has 2 heterocycles. The molecule has 9 N–H and O–H groups in total. The van der Waals surface area contributed by atoms with Crippen LogP contribution in [0, 0.1) is 6.08 Å². The lowest BCUT2D eigenvalue weighted by molar-refractivity contribution is -0.432. The van der Waals surface area contributed by atoms with Crippen LogP contribution in [0.25, 0.3) is 10.8 Å². The Hall–Kier alpha value is -6.73.